The van der Waals surface area contributed by atoms with Gasteiger partial charge < -0.3 is 13.3 Å². The molecule has 1 aromatic carbocycles. The molecular formula is C26H21N2O3+. The molecule has 5 heterocycles. The zero-order chi connectivity index (χ0) is 20.9. The Bertz CT molecular complexity index is 1850. The first-order valence-electron chi connectivity index (χ1n) is 10.6. The summed E-state index contributed by atoms with van der Waals surface area (Å²) >= 11 is 0. The van der Waals surface area contributed by atoms with E-state index in [-0.39, 0.29) is 5.92 Å². The van der Waals surface area contributed by atoms with Crippen molar-refractivity contribution in [3.63, 3.8) is 0 Å². The first-order valence-corrected chi connectivity index (χ1v) is 10.6. The van der Waals surface area contributed by atoms with Gasteiger partial charge in [0.2, 0.25) is 0 Å². The lowest BCUT2D eigenvalue weighted by Crippen LogP contribution is -2.49. The number of aromatic nitrogens is 2. The van der Waals surface area contributed by atoms with Gasteiger partial charge in [-0.25, -0.2) is 4.57 Å². The molecule has 5 nitrogen and oxygen atoms in total. The summed E-state index contributed by atoms with van der Waals surface area (Å²) in [5.74, 6) is 1.83. The molecule has 0 saturated heterocycles. The fourth-order valence-electron chi connectivity index (χ4n) is 5.58. The molecule has 5 heteroatoms. The van der Waals surface area contributed by atoms with Crippen LogP contribution in [0.2, 0.25) is 0 Å². The molecule has 152 valence electrons. The average Bonchev–Trinajstić information content (AvgIpc) is 3.55. The van der Waals surface area contributed by atoms with Gasteiger partial charge in [-0.3, -0.25) is 0 Å². The fraction of sp³-hybridized carbons (Fsp3) is 0.192. The minimum atomic E-state index is 0.265. The maximum atomic E-state index is 6.20. The van der Waals surface area contributed by atoms with Gasteiger partial charge in [0, 0.05) is 16.7 Å². The van der Waals surface area contributed by atoms with Crippen LogP contribution in [0.1, 0.15) is 25.6 Å². The fourth-order valence-corrected chi connectivity index (χ4v) is 5.58. The molecule has 0 saturated carbocycles. The van der Waals surface area contributed by atoms with Crippen molar-refractivity contribution in [1.82, 2.24) is 4.57 Å². The Morgan fingerprint density at radius 3 is 2.13 bits per heavy atom. The summed E-state index contributed by atoms with van der Waals surface area (Å²) < 4.78 is 22.9. The third-order valence-corrected chi connectivity index (χ3v) is 7.14. The van der Waals surface area contributed by atoms with Crippen molar-refractivity contribution < 1.29 is 17.8 Å². The first-order chi connectivity index (χ1) is 15.2. The van der Waals surface area contributed by atoms with Gasteiger partial charge in [-0.15, -0.1) is 0 Å². The topological polar surface area (TPSA) is 48.2 Å². The molecular weight excluding hydrogens is 388 g/mol. The summed E-state index contributed by atoms with van der Waals surface area (Å²) in [6.07, 6.45) is 5.25. The number of hydrogen-bond donors (Lipinski definition) is 0. The van der Waals surface area contributed by atoms with E-state index in [1.807, 2.05) is 12.1 Å². The molecule has 0 spiro atoms. The Labute approximate surface area is 176 Å². The number of aryl methyl sites for hydroxylation is 1. The van der Waals surface area contributed by atoms with Gasteiger partial charge in [0.1, 0.15) is 10.8 Å². The molecule has 2 aliphatic rings. The number of fused-ring (bicyclic) bond motifs is 8. The summed E-state index contributed by atoms with van der Waals surface area (Å²) in [6, 6.07) is 14.6. The van der Waals surface area contributed by atoms with Crippen LogP contribution in [-0.4, -0.2) is 4.57 Å². The van der Waals surface area contributed by atoms with E-state index in [4.69, 9.17) is 13.3 Å². The molecule has 0 amide bonds. The number of imidazole rings is 1. The molecule has 5 aromatic rings. The number of hydrogen-bond acceptors (Lipinski definition) is 3. The zero-order valence-corrected chi connectivity index (χ0v) is 17.5. The molecule has 2 unspecified atom stereocenters. The van der Waals surface area contributed by atoms with E-state index >= 15 is 0 Å². The number of furan rings is 3. The molecule has 31 heavy (non-hydrogen) atoms. The van der Waals surface area contributed by atoms with Gasteiger partial charge in [0.05, 0.1) is 42.2 Å². The molecule has 4 aromatic heterocycles. The van der Waals surface area contributed by atoms with Gasteiger partial charge in [-0.2, -0.15) is 4.57 Å². The van der Waals surface area contributed by atoms with E-state index in [1.165, 1.54) is 22.4 Å². The van der Waals surface area contributed by atoms with Crippen LogP contribution in [0.25, 0.3) is 22.3 Å². The highest BCUT2D eigenvalue weighted by atomic mass is 16.3. The third kappa shape index (κ3) is 1.94. The second-order valence-electron chi connectivity index (χ2n) is 8.57. The van der Waals surface area contributed by atoms with Gasteiger partial charge in [0.15, 0.2) is 22.1 Å². The van der Waals surface area contributed by atoms with Crippen molar-refractivity contribution in [2.45, 2.75) is 19.8 Å². The number of benzene rings is 1. The summed E-state index contributed by atoms with van der Waals surface area (Å²) in [5, 5.41) is 3.01. The molecule has 1 aliphatic carbocycles. The molecule has 2 atom stereocenters. The quantitative estimate of drug-likeness (QED) is 0.369. The zero-order valence-electron chi connectivity index (χ0n) is 17.5. The Kier molecular flexibility index (Phi) is 3.12. The van der Waals surface area contributed by atoms with Crippen LogP contribution in [-0.2, 0) is 7.05 Å². The van der Waals surface area contributed by atoms with Crippen molar-refractivity contribution in [2.75, 3.05) is 0 Å². The van der Waals surface area contributed by atoms with Crippen LogP contribution >= 0.6 is 0 Å². The Morgan fingerprint density at radius 1 is 0.742 bits per heavy atom. The van der Waals surface area contributed by atoms with E-state index in [2.05, 4.69) is 60.4 Å². The second kappa shape index (κ2) is 5.70. The summed E-state index contributed by atoms with van der Waals surface area (Å²) in [4.78, 5) is 0. The van der Waals surface area contributed by atoms with E-state index in [1.54, 1.807) is 18.8 Å². The van der Waals surface area contributed by atoms with Gasteiger partial charge in [0.25, 0.3) is 5.82 Å². The van der Waals surface area contributed by atoms with E-state index in [0.29, 0.717) is 5.92 Å². The Morgan fingerprint density at radius 2 is 1.35 bits per heavy atom. The first kappa shape index (κ1) is 17.0. The largest absolute Gasteiger partial charge is 0.464 e. The summed E-state index contributed by atoms with van der Waals surface area (Å²) in [6.45, 7) is 4.61. The molecule has 0 fully saturated rings. The summed E-state index contributed by atoms with van der Waals surface area (Å²) in [7, 11) is 2.16. The number of para-hydroxylation sites is 2. The van der Waals surface area contributed by atoms with Crippen LogP contribution in [0.5, 0.6) is 0 Å². The van der Waals surface area contributed by atoms with Crippen LogP contribution in [0, 0.1) is 27.2 Å². The molecule has 0 bridgehead atoms. The van der Waals surface area contributed by atoms with Gasteiger partial charge in [-0.05, 0) is 30.3 Å². The third-order valence-electron chi connectivity index (χ3n) is 7.14. The van der Waals surface area contributed by atoms with E-state index < -0.39 is 0 Å². The van der Waals surface area contributed by atoms with Crippen LogP contribution in [0.4, 0.5) is 0 Å². The van der Waals surface area contributed by atoms with Crippen molar-refractivity contribution in [2.24, 2.45) is 13.0 Å². The lowest BCUT2D eigenvalue weighted by Gasteiger charge is -2.27. The Hall–Kier alpha value is -3.73. The predicted molar refractivity (Wildman–Crippen MR) is 114 cm³/mol. The van der Waals surface area contributed by atoms with Crippen molar-refractivity contribution in [1.29, 1.82) is 0 Å². The van der Waals surface area contributed by atoms with Gasteiger partial charge in [-0.1, -0.05) is 26.0 Å². The highest BCUT2D eigenvalue weighted by Gasteiger charge is 2.42. The standard InChI is InChI=1S/C26H21N2O3/c1-14-15(2)26-27(3)19-6-4-5-7-20(19)28(26)22-21(14)16-8-11-29-23(16)17-9-12-30-24(17)18-10-13-31-25(18)22/h4-15H,1-3H3/q+1/b21-16-,23-17+,24-18+,25-22-. The van der Waals surface area contributed by atoms with Crippen molar-refractivity contribution >= 4 is 22.3 Å². The van der Waals surface area contributed by atoms with Crippen molar-refractivity contribution in [3.8, 4) is 0 Å². The van der Waals surface area contributed by atoms with Gasteiger partial charge >= 0.3 is 0 Å². The summed E-state index contributed by atoms with van der Waals surface area (Å²) in [5.41, 5.74) is 7.15. The highest BCUT2D eigenvalue weighted by Crippen LogP contribution is 2.38. The monoisotopic (exact) mass is 409 g/mol. The van der Waals surface area contributed by atoms with E-state index in [0.717, 1.165) is 37.6 Å². The van der Waals surface area contributed by atoms with Crippen molar-refractivity contribution in [3.05, 3.63) is 99.0 Å². The lowest BCUT2D eigenvalue weighted by atomic mass is 9.81. The van der Waals surface area contributed by atoms with Crippen LogP contribution in [0.15, 0.2) is 74.5 Å². The van der Waals surface area contributed by atoms with Crippen LogP contribution in [0.3, 0.4) is 0 Å². The molecule has 0 N–H and O–H groups in total. The number of rotatable bonds is 0. The normalized spacial score (nSPS) is 25.1. The SMILES string of the molecule is CC1C2=c3\cco\c3=c3/cco/c3=c3\cco\c3=C\2[n+]2c(n(C)c3ccccc32)C1C. The average molecular weight is 409 g/mol. The smallest absolute Gasteiger partial charge is 0.266 e. The second-order valence-corrected chi connectivity index (χ2v) is 8.57. The lowest BCUT2D eigenvalue weighted by molar-refractivity contribution is -0.566. The Balaban J connectivity index is 1.91. The maximum Gasteiger partial charge on any atom is 0.266 e. The highest BCUT2D eigenvalue weighted by molar-refractivity contribution is 5.88. The number of nitrogens with zero attached hydrogens (tertiary/aromatic N) is 2. The maximum absolute atomic E-state index is 6.20. The molecule has 1 aliphatic heterocycles. The predicted octanol–water partition coefficient (Wildman–Crippen LogP) is 3.39. The molecule has 0 radical (unpaired) electrons. The van der Waals surface area contributed by atoms with Crippen LogP contribution < -0.4 is 15.2 Å². The molecule has 7 rings (SSSR count). The van der Waals surface area contributed by atoms with E-state index in [9.17, 15) is 0 Å². The minimum absolute atomic E-state index is 0.265. The minimum Gasteiger partial charge on any atom is -0.464 e.